The first-order valence-electron chi connectivity index (χ1n) is 6.66. The first-order valence-corrected chi connectivity index (χ1v) is 6.66. The molecule has 0 bridgehead atoms. The van der Waals surface area contributed by atoms with Gasteiger partial charge in [0.25, 0.3) is 0 Å². The predicted molar refractivity (Wildman–Crippen MR) is 71.0 cm³/mol. The fraction of sp³-hybridized carbons (Fsp3) is 0.750. The molecule has 0 saturated carbocycles. The number of nitrogens with zero attached hydrogens (tertiary/aromatic N) is 3. The van der Waals surface area contributed by atoms with Crippen LogP contribution in [0.2, 0.25) is 0 Å². The number of rotatable bonds is 9. The van der Waals surface area contributed by atoms with E-state index in [1.54, 1.807) is 6.20 Å². The molecule has 0 aliphatic carbocycles. The molecule has 7 heteroatoms. The summed E-state index contributed by atoms with van der Waals surface area (Å²) in [7, 11) is 0. The van der Waals surface area contributed by atoms with E-state index in [4.69, 9.17) is 10.8 Å². The number of hydrogen-bond acceptors (Lipinski definition) is 5. The SMILES string of the molecule is CCCC(CCO)CNC(=O)Cn1cc(CN)nn1. The van der Waals surface area contributed by atoms with Crippen LogP contribution in [0, 0.1) is 5.92 Å². The summed E-state index contributed by atoms with van der Waals surface area (Å²) in [6.07, 6.45) is 4.43. The standard InChI is InChI=1S/C12H23N5O2/c1-2-3-10(4-5-18)7-14-12(19)9-17-8-11(6-13)15-16-17/h8,10,18H,2-7,9,13H2,1H3,(H,14,19). The predicted octanol–water partition coefficient (Wildman–Crippen LogP) is -0.348. The third kappa shape index (κ3) is 5.80. The van der Waals surface area contributed by atoms with Crippen molar-refractivity contribution >= 4 is 5.91 Å². The molecule has 1 aromatic heterocycles. The number of nitrogens with one attached hydrogen (secondary N) is 1. The third-order valence-electron chi connectivity index (χ3n) is 2.92. The number of aromatic nitrogens is 3. The molecule has 0 aromatic carbocycles. The summed E-state index contributed by atoms with van der Waals surface area (Å²) in [5, 5.41) is 19.4. The van der Waals surface area contributed by atoms with Crippen LogP contribution in [0.4, 0.5) is 0 Å². The Labute approximate surface area is 113 Å². The maximum Gasteiger partial charge on any atom is 0.241 e. The van der Waals surface area contributed by atoms with Crippen molar-refractivity contribution in [1.82, 2.24) is 20.3 Å². The first kappa shape index (κ1) is 15.6. The minimum Gasteiger partial charge on any atom is -0.396 e. The van der Waals surface area contributed by atoms with Gasteiger partial charge in [-0.1, -0.05) is 18.6 Å². The second-order valence-electron chi connectivity index (χ2n) is 4.58. The van der Waals surface area contributed by atoms with Gasteiger partial charge in [-0.25, -0.2) is 4.68 Å². The smallest absolute Gasteiger partial charge is 0.241 e. The van der Waals surface area contributed by atoms with Crippen LogP contribution in [-0.2, 0) is 17.9 Å². The molecule has 1 heterocycles. The van der Waals surface area contributed by atoms with Crippen molar-refractivity contribution in [1.29, 1.82) is 0 Å². The van der Waals surface area contributed by atoms with Gasteiger partial charge in [0, 0.05) is 19.7 Å². The van der Waals surface area contributed by atoms with Crippen molar-refractivity contribution in [2.45, 2.75) is 39.3 Å². The molecule has 1 rings (SSSR count). The quantitative estimate of drug-likeness (QED) is 0.568. The fourth-order valence-corrected chi connectivity index (χ4v) is 1.91. The van der Waals surface area contributed by atoms with Crippen molar-refractivity contribution in [2.75, 3.05) is 13.2 Å². The Bertz CT molecular complexity index is 374. The number of hydrogen-bond donors (Lipinski definition) is 3. The molecule has 0 saturated heterocycles. The first-order chi connectivity index (χ1) is 9.19. The van der Waals surface area contributed by atoms with E-state index in [0.29, 0.717) is 24.7 Å². The molecular weight excluding hydrogens is 246 g/mol. The second-order valence-corrected chi connectivity index (χ2v) is 4.58. The molecule has 1 unspecified atom stereocenters. The summed E-state index contributed by atoms with van der Waals surface area (Å²) >= 11 is 0. The number of aliphatic hydroxyl groups excluding tert-OH is 1. The largest absolute Gasteiger partial charge is 0.396 e. The van der Waals surface area contributed by atoms with Crippen LogP contribution in [0.5, 0.6) is 0 Å². The van der Waals surface area contributed by atoms with Crippen LogP contribution >= 0.6 is 0 Å². The van der Waals surface area contributed by atoms with E-state index in [0.717, 1.165) is 19.3 Å². The molecule has 19 heavy (non-hydrogen) atoms. The van der Waals surface area contributed by atoms with Crippen LogP contribution in [0.25, 0.3) is 0 Å². The molecule has 0 aliphatic heterocycles. The number of carbonyl (C=O) groups excluding carboxylic acids is 1. The zero-order valence-electron chi connectivity index (χ0n) is 11.4. The average molecular weight is 269 g/mol. The highest BCUT2D eigenvalue weighted by Gasteiger charge is 2.10. The van der Waals surface area contributed by atoms with E-state index in [1.165, 1.54) is 4.68 Å². The molecular formula is C12H23N5O2. The van der Waals surface area contributed by atoms with Crippen LogP contribution in [0.3, 0.4) is 0 Å². The minimum absolute atomic E-state index is 0.104. The lowest BCUT2D eigenvalue weighted by Crippen LogP contribution is -2.32. The van der Waals surface area contributed by atoms with Crippen molar-refractivity contribution in [2.24, 2.45) is 11.7 Å². The fourth-order valence-electron chi connectivity index (χ4n) is 1.91. The monoisotopic (exact) mass is 269 g/mol. The molecule has 7 nitrogen and oxygen atoms in total. The Hall–Kier alpha value is -1.47. The molecule has 0 fully saturated rings. The van der Waals surface area contributed by atoms with Gasteiger partial charge in [0.15, 0.2) is 0 Å². The zero-order valence-corrected chi connectivity index (χ0v) is 11.4. The van der Waals surface area contributed by atoms with Gasteiger partial charge in [-0.15, -0.1) is 5.10 Å². The lowest BCUT2D eigenvalue weighted by atomic mass is 10.0. The Balaban J connectivity index is 2.33. The van der Waals surface area contributed by atoms with E-state index in [9.17, 15) is 4.79 Å². The van der Waals surface area contributed by atoms with Crippen LogP contribution in [0.1, 0.15) is 31.9 Å². The number of nitrogens with two attached hydrogens (primary N) is 1. The highest BCUT2D eigenvalue weighted by molar-refractivity contribution is 5.75. The Morgan fingerprint density at radius 3 is 2.95 bits per heavy atom. The van der Waals surface area contributed by atoms with E-state index in [-0.39, 0.29) is 19.1 Å². The lowest BCUT2D eigenvalue weighted by Gasteiger charge is -2.15. The zero-order chi connectivity index (χ0) is 14.1. The van der Waals surface area contributed by atoms with Gasteiger partial charge in [-0.05, 0) is 18.8 Å². The van der Waals surface area contributed by atoms with E-state index >= 15 is 0 Å². The van der Waals surface area contributed by atoms with Gasteiger partial charge in [0.05, 0.1) is 11.9 Å². The number of amides is 1. The number of carbonyl (C=O) groups is 1. The molecule has 4 N–H and O–H groups in total. The molecule has 0 spiro atoms. The summed E-state index contributed by atoms with van der Waals surface area (Å²) in [5.74, 6) is 0.224. The van der Waals surface area contributed by atoms with Crippen LogP contribution in [0.15, 0.2) is 6.20 Å². The van der Waals surface area contributed by atoms with Gasteiger partial charge < -0.3 is 16.2 Å². The van der Waals surface area contributed by atoms with Gasteiger partial charge in [-0.2, -0.15) is 0 Å². The Morgan fingerprint density at radius 2 is 2.37 bits per heavy atom. The minimum atomic E-state index is -0.104. The molecule has 1 aromatic rings. The van der Waals surface area contributed by atoms with Crippen LogP contribution < -0.4 is 11.1 Å². The Morgan fingerprint density at radius 1 is 1.58 bits per heavy atom. The Kier molecular flexibility index (Phi) is 7.06. The second kappa shape index (κ2) is 8.60. The summed E-state index contributed by atoms with van der Waals surface area (Å²) < 4.78 is 1.47. The van der Waals surface area contributed by atoms with E-state index < -0.39 is 0 Å². The summed E-state index contributed by atoms with van der Waals surface area (Å²) in [6.45, 7) is 3.30. The van der Waals surface area contributed by atoms with Crippen LogP contribution in [-0.4, -0.2) is 39.2 Å². The maximum atomic E-state index is 11.7. The van der Waals surface area contributed by atoms with Gasteiger partial charge in [-0.3, -0.25) is 4.79 Å². The molecule has 0 aliphatic rings. The normalized spacial score (nSPS) is 12.4. The molecule has 108 valence electrons. The summed E-state index contributed by atoms with van der Waals surface area (Å²) in [4.78, 5) is 11.7. The third-order valence-corrected chi connectivity index (χ3v) is 2.92. The lowest BCUT2D eigenvalue weighted by molar-refractivity contribution is -0.122. The summed E-state index contributed by atoms with van der Waals surface area (Å²) in [5.41, 5.74) is 6.08. The van der Waals surface area contributed by atoms with Gasteiger partial charge in [0.2, 0.25) is 5.91 Å². The molecule has 0 radical (unpaired) electrons. The van der Waals surface area contributed by atoms with Crippen molar-refractivity contribution in [3.05, 3.63) is 11.9 Å². The molecule has 1 amide bonds. The highest BCUT2D eigenvalue weighted by atomic mass is 16.3. The average Bonchev–Trinajstić information content (AvgIpc) is 2.84. The van der Waals surface area contributed by atoms with Crippen molar-refractivity contribution in [3.8, 4) is 0 Å². The van der Waals surface area contributed by atoms with Crippen molar-refractivity contribution in [3.63, 3.8) is 0 Å². The topological polar surface area (TPSA) is 106 Å². The van der Waals surface area contributed by atoms with Crippen molar-refractivity contribution < 1.29 is 9.90 Å². The van der Waals surface area contributed by atoms with E-state index in [2.05, 4.69) is 22.6 Å². The maximum absolute atomic E-state index is 11.7. The molecule has 1 atom stereocenters. The van der Waals surface area contributed by atoms with E-state index in [1.807, 2.05) is 0 Å². The highest BCUT2D eigenvalue weighted by Crippen LogP contribution is 2.09. The van der Waals surface area contributed by atoms with Gasteiger partial charge >= 0.3 is 0 Å². The summed E-state index contributed by atoms with van der Waals surface area (Å²) in [6, 6.07) is 0. The number of aliphatic hydroxyl groups is 1. The van der Waals surface area contributed by atoms with Gasteiger partial charge in [0.1, 0.15) is 6.54 Å².